The zero-order valence-electron chi connectivity index (χ0n) is 17.7. The van der Waals surface area contributed by atoms with Crippen LogP contribution in [-0.2, 0) is 6.54 Å². The van der Waals surface area contributed by atoms with Gasteiger partial charge in [0.15, 0.2) is 11.8 Å². The second-order valence-corrected chi connectivity index (χ2v) is 7.34. The van der Waals surface area contributed by atoms with Gasteiger partial charge >= 0.3 is 0 Å². The topological polar surface area (TPSA) is 70.4 Å². The highest BCUT2D eigenvalue weighted by molar-refractivity contribution is 14.0. The molecule has 10 heteroatoms. The smallest absolute Gasteiger partial charge is 0.191 e. The van der Waals surface area contributed by atoms with Gasteiger partial charge in [0.1, 0.15) is 11.6 Å². The molecule has 170 valence electrons. The quantitative estimate of drug-likeness (QED) is 0.278. The van der Waals surface area contributed by atoms with Gasteiger partial charge in [0.05, 0.1) is 12.2 Å². The Bertz CT molecular complexity index is 1040. The van der Waals surface area contributed by atoms with Crippen LogP contribution < -0.4 is 15.5 Å². The maximum Gasteiger partial charge on any atom is 0.191 e. The standard InChI is InChI=1S/C22H25F2N7.HI/c1-2-25-22(27-14-16-6-9-26-21(12-16)31-10-3-8-28-31)29-18-7-11-30(15-18)20-5-4-17(23)13-19(20)24;/h3-6,8-10,12-13,18H,2,7,11,14-15H2,1H3,(H2,25,27,29);1H. The van der Waals surface area contributed by atoms with Crippen molar-refractivity contribution in [3.05, 3.63) is 72.2 Å². The molecule has 1 aliphatic rings. The van der Waals surface area contributed by atoms with Crippen molar-refractivity contribution in [2.45, 2.75) is 25.9 Å². The van der Waals surface area contributed by atoms with Gasteiger partial charge in [-0.1, -0.05) is 0 Å². The van der Waals surface area contributed by atoms with E-state index in [1.165, 1.54) is 12.1 Å². The van der Waals surface area contributed by atoms with Crippen LogP contribution >= 0.6 is 24.0 Å². The maximum atomic E-state index is 14.1. The molecule has 3 heterocycles. The molecule has 1 unspecified atom stereocenters. The third-order valence-electron chi connectivity index (χ3n) is 5.09. The Morgan fingerprint density at radius 1 is 1.22 bits per heavy atom. The predicted molar refractivity (Wildman–Crippen MR) is 132 cm³/mol. The Balaban J connectivity index is 0.00000289. The lowest BCUT2D eigenvalue weighted by atomic mass is 10.2. The number of pyridine rings is 1. The molecule has 1 aromatic carbocycles. The fraction of sp³-hybridized carbons (Fsp3) is 0.318. The first-order valence-corrected chi connectivity index (χ1v) is 10.3. The zero-order chi connectivity index (χ0) is 21.6. The van der Waals surface area contributed by atoms with E-state index < -0.39 is 11.6 Å². The van der Waals surface area contributed by atoms with Crippen LogP contribution in [0, 0.1) is 11.6 Å². The highest BCUT2D eigenvalue weighted by Gasteiger charge is 2.25. The Kier molecular flexibility index (Phi) is 8.37. The van der Waals surface area contributed by atoms with Crippen molar-refractivity contribution in [3.63, 3.8) is 0 Å². The van der Waals surface area contributed by atoms with Gasteiger partial charge < -0.3 is 15.5 Å². The lowest BCUT2D eigenvalue weighted by Crippen LogP contribution is -2.44. The molecule has 2 aromatic heterocycles. The van der Waals surface area contributed by atoms with Crippen LogP contribution in [0.5, 0.6) is 0 Å². The van der Waals surface area contributed by atoms with Crippen LogP contribution in [0.15, 0.2) is 60.0 Å². The summed E-state index contributed by atoms with van der Waals surface area (Å²) in [6.45, 7) is 4.52. The molecule has 1 aliphatic heterocycles. The molecule has 1 atom stereocenters. The van der Waals surface area contributed by atoms with Gasteiger partial charge in [-0.15, -0.1) is 24.0 Å². The minimum absolute atomic E-state index is 0. The number of halogens is 3. The molecule has 0 aliphatic carbocycles. The van der Waals surface area contributed by atoms with Gasteiger partial charge in [0, 0.05) is 50.3 Å². The molecule has 0 amide bonds. The Hall–Kier alpha value is -2.76. The van der Waals surface area contributed by atoms with E-state index in [1.807, 2.05) is 36.2 Å². The lowest BCUT2D eigenvalue weighted by molar-refractivity contribution is 0.580. The number of anilines is 1. The van der Waals surface area contributed by atoms with E-state index in [2.05, 4.69) is 20.7 Å². The van der Waals surface area contributed by atoms with Crippen LogP contribution in [0.25, 0.3) is 5.82 Å². The molecule has 3 aromatic rings. The summed E-state index contributed by atoms with van der Waals surface area (Å²) in [5.41, 5.74) is 1.44. The van der Waals surface area contributed by atoms with E-state index in [0.717, 1.165) is 30.4 Å². The molecule has 0 saturated carbocycles. The summed E-state index contributed by atoms with van der Waals surface area (Å²) in [5.74, 6) is 0.338. The molecule has 32 heavy (non-hydrogen) atoms. The zero-order valence-corrected chi connectivity index (χ0v) is 20.0. The van der Waals surface area contributed by atoms with E-state index in [9.17, 15) is 8.78 Å². The molecule has 2 N–H and O–H groups in total. The van der Waals surface area contributed by atoms with Gasteiger partial charge in [-0.05, 0) is 49.2 Å². The van der Waals surface area contributed by atoms with Gasteiger partial charge in [0.2, 0.25) is 0 Å². The number of nitrogens with one attached hydrogen (secondary N) is 2. The summed E-state index contributed by atoms with van der Waals surface area (Å²) >= 11 is 0. The minimum Gasteiger partial charge on any atom is -0.367 e. The molecule has 7 nitrogen and oxygen atoms in total. The molecular formula is C22H26F2IN7. The second kappa shape index (κ2) is 11.2. The number of benzene rings is 1. The first kappa shape index (κ1) is 23.9. The van der Waals surface area contributed by atoms with Crippen molar-refractivity contribution in [2.24, 2.45) is 4.99 Å². The van der Waals surface area contributed by atoms with Crippen LogP contribution in [0.3, 0.4) is 0 Å². The third-order valence-corrected chi connectivity index (χ3v) is 5.09. The third kappa shape index (κ3) is 5.93. The number of hydrogen-bond donors (Lipinski definition) is 2. The summed E-state index contributed by atoms with van der Waals surface area (Å²) in [5, 5.41) is 10.9. The highest BCUT2D eigenvalue weighted by Crippen LogP contribution is 2.24. The van der Waals surface area contributed by atoms with E-state index >= 15 is 0 Å². The summed E-state index contributed by atoms with van der Waals surface area (Å²) in [4.78, 5) is 11.0. The van der Waals surface area contributed by atoms with Crippen molar-refractivity contribution in [1.29, 1.82) is 0 Å². The number of hydrogen-bond acceptors (Lipinski definition) is 4. The number of rotatable bonds is 6. The predicted octanol–water partition coefficient (Wildman–Crippen LogP) is 3.50. The Morgan fingerprint density at radius 3 is 2.84 bits per heavy atom. The second-order valence-electron chi connectivity index (χ2n) is 7.34. The summed E-state index contributed by atoms with van der Waals surface area (Å²) in [6.07, 6.45) is 6.13. The monoisotopic (exact) mass is 553 g/mol. The van der Waals surface area contributed by atoms with Crippen molar-refractivity contribution in [1.82, 2.24) is 25.4 Å². The fourth-order valence-corrected chi connectivity index (χ4v) is 3.61. The van der Waals surface area contributed by atoms with E-state index in [-0.39, 0.29) is 30.0 Å². The highest BCUT2D eigenvalue weighted by atomic mass is 127. The molecule has 0 spiro atoms. The lowest BCUT2D eigenvalue weighted by Gasteiger charge is -2.21. The molecule has 4 rings (SSSR count). The minimum atomic E-state index is -0.566. The summed E-state index contributed by atoms with van der Waals surface area (Å²) in [7, 11) is 0. The molecule has 1 fully saturated rings. The van der Waals surface area contributed by atoms with Crippen molar-refractivity contribution in [3.8, 4) is 5.82 Å². The average molecular weight is 553 g/mol. The van der Waals surface area contributed by atoms with Crippen molar-refractivity contribution < 1.29 is 8.78 Å². The average Bonchev–Trinajstić information content (AvgIpc) is 3.45. The van der Waals surface area contributed by atoms with Crippen molar-refractivity contribution in [2.75, 3.05) is 24.5 Å². The SMILES string of the molecule is CCNC(=NCc1ccnc(-n2cccn2)c1)NC1CCN(c2ccc(F)cc2F)C1.I. The van der Waals surface area contributed by atoms with E-state index in [0.29, 0.717) is 31.3 Å². The maximum absolute atomic E-state index is 14.1. The Labute approximate surface area is 203 Å². The van der Waals surface area contributed by atoms with Gasteiger partial charge in [0.25, 0.3) is 0 Å². The van der Waals surface area contributed by atoms with Gasteiger partial charge in [-0.3, -0.25) is 0 Å². The van der Waals surface area contributed by atoms with Crippen LogP contribution in [0.4, 0.5) is 14.5 Å². The summed E-state index contributed by atoms with van der Waals surface area (Å²) < 4.78 is 29.0. The Morgan fingerprint density at radius 2 is 2.09 bits per heavy atom. The number of aromatic nitrogens is 3. The first-order chi connectivity index (χ1) is 15.1. The first-order valence-electron chi connectivity index (χ1n) is 10.3. The molecule has 1 saturated heterocycles. The van der Waals surface area contributed by atoms with E-state index in [4.69, 9.17) is 4.99 Å². The van der Waals surface area contributed by atoms with Crippen molar-refractivity contribution >= 4 is 35.6 Å². The summed E-state index contributed by atoms with van der Waals surface area (Å²) in [6, 6.07) is 9.54. The largest absolute Gasteiger partial charge is 0.367 e. The van der Waals surface area contributed by atoms with Crippen LogP contribution in [-0.4, -0.2) is 46.4 Å². The van der Waals surface area contributed by atoms with E-state index in [1.54, 1.807) is 17.1 Å². The van der Waals surface area contributed by atoms with Crippen LogP contribution in [0.1, 0.15) is 18.9 Å². The molecule has 0 radical (unpaired) electrons. The van der Waals surface area contributed by atoms with Gasteiger partial charge in [-0.25, -0.2) is 23.4 Å². The number of guanidine groups is 1. The normalized spacial score (nSPS) is 16.0. The van der Waals surface area contributed by atoms with Gasteiger partial charge in [-0.2, -0.15) is 5.10 Å². The van der Waals surface area contributed by atoms with Crippen LogP contribution in [0.2, 0.25) is 0 Å². The number of nitrogens with zero attached hydrogens (tertiary/aromatic N) is 5. The molecular weight excluding hydrogens is 527 g/mol. The fourth-order valence-electron chi connectivity index (χ4n) is 3.61. The molecule has 0 bridgehead atoms. The number of aliphatic imine (C=N–C) groups is 1.